The molecule has 1 rings (SSSR count). The minimum atomic E-state index is -0.420. The molecule has 0 saturated carbocycles. The van der Waals surface area contributed by atoms with Crippen molar-refractivity contribution in [1.82, 2.24) is 10.6 Å². The minimum absolute atomic E-state index is 0.0967. The molecule has 1 aromatic carbocycles. The van der Waals surface area contributed by atoms with Crippen molar-refractivity contribution in [3.63, 3.8) is 0 Å². The first-order valence-corrected chi connectivity index (χ1v) is 7.16. The number of amides is 2. The lowest BCUT2D eigenvalue weighted by Gasteiger charge is -2.21. The zero-order valence-electron chi connectivity index (χ0n) is 10.9. The van der Waals surface area contributed by atoms with Gasteiger partial charge in [0, 0.05) is 14.5 Å². The van der Waals surface area contributed by atoms with Gasteiger partial charge in [0.25, 0.3) is 0 Å². The lowest BCUT2D eigenvalue weighted by atomic mass is 10.1. The summed E-state index contributed by atoms with van der Waals surface area (Å²) in [6.45, 7) is 5.61. The van der Waals surface area contributed by atoms with Crippen LogP contribution in [0.15, 0.2) is 27.1 Å². The predicted molar refractivity (Wildman–Crippen MR) is 84.6 cm³/mol. The van der Waals surface area contributed by atoms with Gasteiger partial charge < -0.3 is 10.6 Å². The van der Waals surface area contributed by atoms with Crippen LogP contribution in [0.4, 0.5) is 10.5 Å². The number of hydrogen-bond donors (Lipinski definition) is 4. The molecule has 0 atom stereocenters. The SMILES string of the molecule is CC(C)(C)NC(=O)NC(=N)Nc1cc(Br)ccc1Br. The maximum atomic E-state index is 11.6. The van der Waals surface area contributed by atoms with Crippen molar-refractivity contribution < 1.29 is 4.79 Å². The molecular weight excluding hydrogens is 376 g/mol. The highest BCUT2D eigenvalue weighted by molar-refractivity contribution is 9.11. The Morgan fingerprint density at radius 1 is 1.26 bits per heavy atom. The van der Waals surface area contributed by atoms with E-state index in [4.69, 9.17) is 5.41 Å². The number of hydrogen-bond acceptors (Lipinski definition) is 2. The molecule has 0 fully saturated rings. The molecule has 0 bridgehead atoms. The third-order valence-electron chi connectivity index (χ3n) is 1.92. The van der Waals surface area contributed by atoms with Crippen molar-refractivity contribution >= 4 is 49.5 Å². The van der Waals surface area contributed by atoms with Gasteiger partial charge in [-0.2, -0.15) is 0 Å². The monoisotopic (exact) mass is 390 g/mol. The van der Waals surface area contributed by atoms with Crippen LogP contribution >= 0.6 is 31.9 Å². The average Bonchev–Trinajstić information content (AvgIpc) is 2.20. The van der Waals surface area contributed by atoms with E-state index in [1.807, 2.05) is 39.0 Å². The van der Waals surface area contributed by atoms with Gasteiger partial charge in [-0.15, -0.1) is 0 Å². The summed E-state index contributed by atoms with van der Waals surface area (Å²) in [5.41, 5.74) is 0.344. The Morgan fingerprint density at radius 2 is 1.89 bits per heavy atom. The van der Waals surface area contributed by atoms with Crippen LogP contribution in [0.2, 0.25) is 0 Å². The van der Waals surface area contributed by atoms with Crippen LogP contribution in [0.1, 0.15) is 20.8 Å². The average molecular weight is 392 g/mol. The zero-order chi connectivity index (χ0) is 14.6. The second kappa shape index (κ2) is 6.38. The molecule has 2 amide bonds. The fourth-order valence-corrected chi connectivity index (χ4v) is 1.95. The van der Waals surface area contributed by atoms with Gasteiger partial charge >= 0.3 is 6.03 Å². The minimum Gasteiger partial charge on any atom is -0.333 e. The molecule has 104 valence electrons. The number of anilines is 1. The fourth-order valence-electron chi connectivity index (χ4n) is 1.24. The molecule has 5 nitrogen and oxygen atoms in total. The van der Waals surface area contributed by atoms with E-state index in [0.717, 1.165) is 8.95 Å². The normalized spacial score (nSPS) is 10.8. The van der Waals surface area contributed by atoms with E-state index in [1.165, 1.54) is 0 Å². The maximum Gasteiger partial charge on any atom is 0.321 e. The van der Waals surface area contributed by atoms with E-state index >= 15 is 0 Å². The van der Waals surface area contributed by atoms with E-state index in [2.05, 4.69) is 47.8 Å². The second-order valence-corrected chi connectivity index (χ2v) is 6.72. The molecule has 19 heavy (non-hydrogen) atoms. The summed E-state index contributed by atoms with van der Waals surface area (Å²) in [5.74, 6) is -0.0967. The van der Waals surface area contributed by atoms with Crippen LogP contribution in [-0.4, -0.2) is 17.5 Å². The van der Waals surface area contributed by atoms with Crippen LogP contribution < -0.4 is 16.0 Å². The first kappa shape index (κ1) is 16.0. The van der Waals surface area contributed by atoms with E-state index in [0.29, 0.717) is 5.69 Å². The van der Waals surface area contributed by atoms with Crippen LogP contribution in [0.5, 0.6) is 0 Å². The van der Waals surface area contributed by atoms with E-state index in [-0.39, 0.29) is 11.5 Å². The number of carbonyl (C=O) groups excluding carboxylic acids is 1. The highest BCUT2D eigenvalue weighted by Crippen LogP contribution is 2.25. The first-order valence-electron chi connectivity index (χ1n) is 5.57. The van der Waals surface area contributed by atoms with Crippen molar-refractivity contribution in [2.24, 2.45) is 0 Å². The molecule has 1 aromatic rings. The molecule has 0 saturated heterocycles. The Hall–Kier alpha value is -1.08. The summed E-state index contributed by atoms with van der Waals surface area (Å²) >= 11 is 6.71. The van der Waals surface area contributed by atoms with Crippen molar-refractivity contribution in [3.05, 3.63) is 27.1 Å². The van der Waals surface area contributed by atoms with Gasteiger partial charge in [-0.25, -0.2) is 4.79 Å². The van der Waals surface area contributed by atoms with Crippen LogP contribution in [-0.2, 0) is 0 Å². The topological polar surface area (TPSA) is 77.0 Å². The van der Waals surface area contributed by atoms with Gasteiger partial charge in [-0.1, -0.05) is 15.9 Å². The molecule has 0 heterocycles. The van der Waals surface area contributed by atoms with E-state index in [1.54, 1.807) is 0 Å². The molecular formula is C12H16Br2N4O. The summed E-state index contributed by atoms with van der Waals surface area (Å²) < 4.78 is 1.68. The maximum absolute atomic E-state index is 11.6. The lowest BCUT2D eigenvalue weighted by molar-refractivity contribution is 0.236. The Bertz CT molecular complexity index is 497. The number of nitrogens with one attached hydrogen (secondary N) is 4. The largest absolute Gasteiger partial charge is 0.333 e. The molecule has 0 spiro atoms. The number of urea groups is 1. The molecule has 7 heteroatoms. The van der Waals surface area contributed by atoms with E-state index < -0.39 is 6.03 Å². The van der Waals surface area contributed by atoms with Gasteiger partial charge in [-0.3, -0.25) is 10.7 Å². The van der Waals surface area contributed by atoms with Gasteiger partial charge in [0.1, 0.15) is 0 Å². The summed E-state index contributed by atoms with van der Waals surface area (Å²) in [7, 11) is 0. The Labute approximate surface area is 129 Å². The van der Waals surface area contributed by atoms with Crippen LogP contribution in [0, 0.1) is 5.41 Å². The van der Waals surface area contributed by atoms with Crippen molar-refractivity contribution in [2.45, 2.75) is 26.3 Å². The molecule has 0 aliphatic rings. The third kappa shape index (κ3) is 6.07. The summed E-state index contributed by atoms with van der Waals surface area (Å²) in [5, 5.41) is 15.6. The number of halogens is 2. The zero-order valence-corrected chi connectivity index (χ0v) is 14.1. The number of guanidine groups is 1. The number of carbonyl (C=O) groups is 1. The smallest absolute Gasteiger partial charge is 0.321 e. The summed E-state index contributed by atoms with van der Waals surface area (Å²) in [4.78, 5) is 11.6. The highest BCUT2D eigenvalue weighted by Gasteiger charge is 2.14. The molecule has 0 unspecified atom stereocenters. The van der Waals surface area contributed by atoms with Gasteiger partial charge in [-0.05, 0) is 54.9 Å². The van der Waals surface area contributed by atoms with Crippen molar-refractivity contribution in [3.8, 4) is 0 Å². The number of benzene rings is 1. The van der Waals surface area contributed by atoms with E-state index in [9.17, 15) is 4.79 Å². The molecule has 0 radical (unpaired) electrons. The molecule has 0 aliphatic heterocycles. The number of rotatable bonds is 1. The fraction of sp³-hybridized carbons (Fsp3) is 0.333. The second-order valence-electron chi connectivity index (χ2n) is 4.95. The summed E-state index contributed by atoms with van der Waals surface area (Å²) in [6.07, 6.45) is 0. The lowest BCUT2D eigenvalue weighted by Crippen LogP contribution is -2.49. The van der Waals surface area contributed by atoms with Crippen molar-refractivity contribution in [2.75, 3.05) is 5.32 Å². The van der Waals surface area contributed by atoms with Gasteiger partial charge in [0.05, 0.1) is 5.69 Å². The van der Waals surface area contributed by atoms with Crippen LogP contribution in [0.25, 0.3) is 0 Å². The predicted octanol–water partition coefficient (Wildman–Crippen LogP) is 3.66. The quantitative estimate of drug-likeness (QED) is 0.435. The Morgan fingerprint density at radius 3 is 2.47 bits per heavy atom. The molecule has 0 aromatic heterocycles. The van der Waals surface area contributed by atoms with Gasteiger partial charge in [0.15, 0.2) is 0 Å². The van der Waals surface area contributed by atoms with Crippen molar-refractivity contribution in [1.29, 1.82) is 5.41 Å². The third-order valence-corrected chi connectivity index (χ3v) is 3.10. The highest BCUT2D eigenvalue weighted by atomic mass is 79.9. The molecule has 4 N–H and O–H groups in total. The standard InChI is InChI=1S/C12H16Br2N4O/c1-12(2,3)18-11(19)17-10(15)16-9-6-7(13)4-5-8(9)14/h4-6H,1-3H3,(H4,15,16,17,18,19). The summed E-state index contributed by atoms with van der Waals surface area (Å²) in [6, 6.07) is 5.10. The van der Waals surface area contributed by atoms with Crippen LogP contribution in [0.3, 0.4) is 0 Å². The van der Waals surface area contributed by atoms with Gasteiger partial charge in [0.2, 0.25) is 5.96 Å². The first-order chi connectivity index (χ1) is 8.67. The Kier molecular flexibility index (Phi) is 5.37. The Balaban J connectivity index is 2.61. The molecule has 0 aliphatic carbocycles.